The number of hydrogen-bond donors (Lipinski definition) is 0. The standard InChI is InChI=1S/C18H17FN4O2S/c1-24-7-6-23(11-14-9-13(10-20)4-5-15(14)19)12-17-21-22-18(25-17)16-3-2-8-26-16/h2-5,8-9H,6-7,11-12H2,1H3. The fraction of sp³-hybridized carbons (Fsp3) is 0.278. The summed E-state index contributed by atoms with van der Waals surface area (Å²) in [6.07, 6.45) is 0. The van der Waals surface area contributed by atoms with Crippen LogP contribution in [0.4, 0.5) is 4.39 Å². The first kappa shape index (κ1) is 18.2. The van der Waals surface area contributed by atoms with Gasteiger partial charge in [-0.05, 0) is 29.6 Å². The lowest BCUT2D eigenvalue weighted by atomic mass is 10.1. The van der Waals surface area contributed by atoms with Crippen LogP contribution in [0.25, 0.3) is 10.8 Å². The third-order valence-corrected chi connectivity index (χ3v) is 4.60. The lowest BCUT2D eigenvalue weighted by Gasteiger charge is -2.20. The lowest BCUT2D eigenvalue weighted by Crippen LogP contribution is -2.27. The Labute approximate surface area is 154 Å². The minimum absolute atomic E-state index is 0.307. The highest BCUT2D eigenvalue weighted by atomic mass is 32.1. The van der Waals surface area contributed by atoms with Crippen LogP contribution in [-0.2, 0) is 17.8 Å². The molecule has 0 amide bonds. The average molecular weight is 372 g/mol. The molecule has 3 rings (SSSR count). The minimum Gasteiger partial charge on any atom is -0.419 e. The Balaban J connectivity index is 1.75. The van der Waals surface area contributed by atoms with Crippen LogP contribution in [0, 0.1) is 17.1 Å². The number of rotatable bonds is 8. The molecule has 0 N–H and O–H groups in total. The summed E-state index contributed by atoms with van der Waals surface area (Å²) in [6.45, 7) is 1.70. The van der Waals surface area contributed by atoms with E-state index < -0.39 is 0 Å². The van der Waals surface area contributed by atoms with Crippen molar-refractivity contribution in [2.45, 2.75) is 13.1 Å². The van der Waals surface area contributed by atoms with Crippen LogP contribution >= 0.6 is 11.3 Å². The van der Waals surface area contributed by atoms with E-state index in [1.54, 1.807) is 13.2 Å². The SMILES string of the molecule is COCCN(Cc1nnc(-c2cccs2)o1)Cc1cc(C#N)ccc1F. The van der Waals surface area contributed by atoms with Crippen molar-refractivity contribution in [3.8, 4) is 16.8 Å². The van der Waals surface area contributed by atoms with E-state index in [2.05, 4.69) is 10.2 Å². The van der Waals surface area contributed by atoms with E-state index in [0.29, 0.717) is 49.1 Å². The van der Waals surface area contributed by atoms with Crippen molar-refractivity contribution in [1.29, 1.82) is 5.26 Å². The van der Waals surface area contributed by atoms with Crippen LogP contribution in [-0.4, -0.2) is 35.4 Å². The van der Waals surface area contributed by atoms with Gasteiger partial charge in [-0.15, -0.1) is 21.5 Å². The van der Waals surface area contributed by atoms with E-state index in [1.165, 1.54) is 23.5 Å². The highest BCUT2D eigenvalue weighted by Gasteiger charge is 2.16. The molecule has 0 aliphatic heterocycles. The minimum atomic E-state index is -0.351. The number of thiophene rings is 1. The van der Waals surface area contributed by atoms with Crippen LogP contribution in [0.5, 0.6) is 0 Å². The third kappa shape index (κ3) is 4.52. The molecule has 3 aromatic rings. The second-order valence-electron chi connectivity index (χ2n) is 5.60. The zero-order valence-corrected chi connectivity index (χ0v) is 15.0. The van der Waals surface area contributed by atoms with Gasteiger partial charge in [0.05, 0.1) is 29.7 Å². The van der Waals surface area contributed by atoms with Gasteiger partial charge in [0.15, 0.2) is 0 Å². The van der Waals surface area contributed by atoms with Gasteiger partial charge >= 0.3 is 0 Å². The number of hydrogen-bond acceptors (Lipinski definition) is 7. The number of methoxy groups -OCH3 is 1. The van der Waals surface area contributed by atoms with Gasteiger partial charge in [0.25, 0.3) is 5.89 Å². The Morgan fingerprint density at radius 3 is 2.92 bits per heavy atom. The second-order valence-corrected chi connectivity index (χ2v) is 6.55. The molecule has 0 fully saturated rings. The predicted octanol–water partition coefficient (Wildman–Crippen LogP) is 3.46. The molecular weight excluding hydrogens is 355 g/mol. The van der Waals surface area contributed by atoms with Gasteiger partial charge in [0.2, 0.25) is 5.89 Å². The zero-order chi connectivity index (χ0) is 18.4. The van der Waals surface area contributed by atoms with Gasteiger partial charge in [-0.3, -0.25) is 4.90 Å². The Bertz CT molecular complexity index is 889. The molecular formula is C18H17FN4O2S. The van der Waals surface area contributed by atoms with Crippen LogP contribution in [0.15, 0.2) is 40.1 Å². The molecule has 6 nitrogen and oxygen atoms in total. The summed E-state index contributed by atoms with van der Waals surface area (Å²) in [5.74, 6) is 0.567. The number of ether oxygens (including phenoxy) is 1. The molecule has 0 atom stereocenters. The molecule has 2 heterocycles. The number of aromatic nitrogens is 2. The molecule has 0 aliphatic rings. The highest BCUT2D eigenvalue weighted by molar-refractivity contribution is 7.13. The van der Waals surface area contributed by atoms with Crippen molar-refractivity contribution >= 4 is 11.3 Å². The highest BCUT2D eigenvalue weighted by Crippen LogP contribution is 2.23. The van der Waals surface area contributed by atoms with E-state index in [-0.39, 0.29) is 5.82 Å². The smallest absolute Gasteiger partial charge is 0.257 e. The van der Waals surface area contributed by atoms with Gasteiger partial charge in [-0.2, -0.15) is 5.26 Å². The van der Waals surface area contributed by atoms with Crippen molar-refractivity contribution in [3.63, 3.8) is 0 Å². The predicted molar refractivity (Wildman–Crippen MR) is 94.7 cm³/mol. The first-order chi connectivity index (χ1) is 12.7. The fourth-order valence-electron chi connectivity index (χ4n) is 2.45. The molecule has 0 aliphatic carbocycles. The van der Waals surface area contributed by atoms with Crippen molar-refractivity contribution in [2.24, 2.45) is 0 Å². The summed E-state index contributed by atoms with van der Waals surface area (Å²) in [4.78, 5) is 2.84. The second kappa shape index (κ2) is 8.67. The molecule has 26 heavy (non-hydrogen) atoms. The summed E-state index contributed by atoms with van der Waals surface area (Å²) in [6, 6.07) is 10.2. The monoisotopic (exact) mass is 372 g/mol. The average Bonchev–Trinajstić information content (AvgIpc) is 3.33. The molecule has 8 heteroatoms. The van der Waals surface area contributed by atoms with Gasteiger partial charge in [0.1, 0.15) is 5.82 Å². The summed E-state index contributed by atoms with van der Waals surface area (Å²) >= 11 is 1.52. The molecule has 134 valence electrons. The lowest BCUT2D eigenvalue weighted by molar-refractivity contribution is 0.133. The normalized spacial score (nSPS) is 11.0. The zero-order valence-electron chi connectivity index (χ0n) is 14.2. The van der Waals surface area contributed by atoms with E-state index in [1.807, 2.05) is 28.5 Å². The Morgan fingerprint density at radius 1 is 1.31 bits per heavy atom. The van der Waals surface area contributed by atoms with Gasteiger partial charge in [-0.25, -0.2) is 4.39 Å². The fourth-order valence-corrected chi connectivity index (χ4v) is 3.09. The summed E-state index contributed by atoms with van der Waals surface area (Å²) in [7, 11) is 1.61. The molecule has 0 radical (unpaired) electrons. The van der Waals surface area contributed by atoms with E-state index >= 15 is 0 Å². The van der Waals surface area contributed by atoms with E-state index in [4.69, 9.17) is 14.4 Å². The number of nitrogens with zero attached hydrogens (tertiary/aromatic N) is 4. The summed E-state index contributed by atoms with van der Waals surface area (Å²) in [5, 5.41) is 19.1. The molecule has 0 unspecified atom stereocenters. The van der Waals surface area contributed by atoms with Crippen molar-refractivity contribution in [1.82, 2.24) is 15.1 Å². The summed E-state index contributed by atoms with van der Waals surface area (Å²) < 4.78 is 24.9. The Hall–Kier alpha value is -2.60. The number of nitriles is 1. The quantitative estimate of drug-likeness (QED) is 0.603. The molecule has 0 saturated heterocycles. The van der Waals surface area contributed by atoms with Crippen LogP contribution in [0.2, 0.25) is 0 Å². The van der Waals surface area contributed by atoms with Crippen LogP contribution in [0.3, 0.4) is 0 Å². The molecule has 2 aromatic heterocycles. The largest absolute Gasteiger partial charge is 0.419 e. The van der Waals surface area contributed by atoms with Gasteiger partial charge in [0, 0.05) is 25.8 Å². The molecule has 1 aromatic carbocycles. The van der Waals surface area contributed by atoms with Crippen molar-refractivity contribution < 1.29 is 13.5 Å². The number of halogens is 1. The van der Waals surface area contributed by atoms with E-state index in [0.717, 1.165) is 4.88 Å². The van der Waals surface area contributed by atoms with Crippen molar-refractivity contribution in [3.05, 3.63) is 58.5 Å². The summed E-state index contributed by atoms with van der Waals surface area (Å²) in [5.41, 5.74) is 0.865. The first-order valence-electron chi connectivity index (χ1n) is 7.95. The van der Waals surface area contributed by atoms with Crippen LogP contribution < -0.4 is 0 Å². The number of benzene rings is 1. The van der Waals surface area contributed by atoms with Gasteiger partial charge in [-0.1, -0.05) is 6.07 Å². The maximum atomic E-state index is 14.1. The maximum absolute atomic E-state index is 14.1. The topological polar surface area (TPSA) is 75.2 Å². The van der Waals surface area contributed by atoms with Gasteiger partial charge < -0.3 is 9.15 Å². The van der Waals surface area contributed by atoms with Crippen molar-refractivity contribution in [2.75, 3.05) is 20.3 Å². The Kier molecular flexibility index (Phi) is 6.07. The van der Waals surface area contributed by atoms with E-state index in [9.17, 15) is 4.39 Å². The Morgan fingerprint density at radius 2 is 2.19 bits per heavy atom. The van der Waals surface area contributed by atoms with Crippen LogP contribution in [0.1, 0.15) is 17.0 Å². The third-order valence-electron chi connectivity index (χ3n) is 3.74. The first-order valence-corrected chi connectivity index (χ1v) is 8.83. The molecule has 0 saturated carbocycles. The maximum Gasteiger partial charge on any atom is 0.257 e. The molecule has 0 spiro atoms. The molecule has 0 bridgehead atoms.